The van der Waals surface area contributed by atoms with Gasteiger partial charge in [-0.25, -0.2) is 13.6 Å². The summed E-state index contributed by atoms with van der Waals surface area (Å²) in [5.74, 6) is -0.229. The number of benzene rings is 3. The summed E-state index contributed by atoms with van der Waals surface area (Å²) in [5, 5.41) is 20.1. The largest absolute Gasteiger partial charge is 0.409 e. The van der Waals surface area contributed by atoms with E-state index >= 15 is 0 Å². The quantitative estimate of drug-likeness (QED) is 0.160. The molecule has 0 aliphatic heterocycles. The molecule has 0 aliphatic carbocycles. The zero-order chi connectivity index (χ0) is 24.7. The molecule has 6 N–H and O–H groups in total. The summed E-state index contributed by atoms with van der Waals surface area (Å²) in [5.41, 5.74) is 8.74. The molecule has 10 heteroatoms. The van der Waals surface area contributed by atoms with Crippen molar-refractivity contribution < 1.29 is 18.4 Å². The number of sulfonamides is 1. The molecule has 0 bridgehead atoms. The molecule has 0 aromatic heterocycles. The van der Waals surface area contributed by atoms with Crippen molar-refractivity contribution in [1.82, 2.24) is 0 Å². The molecule has 0 atom stereocenters. The second-order valence-electron chi connectivity index (χ2n) is 7.62. The lowest BCUT2D eigenvalue weighted by Crippen LogP contribution is -2.34. The lowest BCUT2D eigenvalue weighted by atomic mass is 10.1. The van der Waals surface area contributed by atoms with Gasteiger partial charge in [-0.05, 0) is 42.3 Å². The molecule has 1 amide bonds. The normalized spacial score (nSPS) is 11.8. The van der Waals surface area contributed by atoms with Crippen LogP contribution in [0, 0.1) is 0 Å². The first kappa shape index (κ1) is 24.7. The minimum atomic E-state index is -3.87. The van der Waals surface area contributed by atoms with Crippen molar-refractivity contribution >= 4 is 33.1 Å². The number of hydrogen-bond acceptors (Lipinski definition) is 6. The molecule has 34 heavy (non-hydrogen) atoms. The van der Waals surface area contributed by atoms with Gasteiger partial charge in [0.2, 0.25) is 15.9 Å². The van der Waals surface area contributed by atoms with E-state index in [9.17, 15) is 13.2 Å². The van der Waals surface area contributed by atoms with Crippen molar-refractivity contribution in [1.29, 1.82) is 0 Å². The number of nitrogens with zero attached hydrogens (tertiary/aromatic N) is 2. The van der Waals surface area contributed by atoms with E-state index in [4.69, 9.17) is 16.1 Å². The third-order valence-corrected chi connectivity index (χ3v) is 6.09. The number of nitrogens with two attached hydrogens (primary N) is 2. The molecule has 3 rings (SSSR count). The number of anilines is 2. The van der Waals surface area contributed by atoms with E-state index in [0.717, 1.165) is 12.1 Å². The highest BCUT2D eigenvalue weighted by molar-refractivity contribution is 7.89. The predicted octanol–water partition coefficient (Wildman–Crippen LogP) is 2.95. The Morgan fingerprint density at radius 3 is 2.41 bits per heavy atom. The Balaban J connectivity index is 1.75. The molecule has 0 radical (unpaired) electrons. The zero-order valence-electron chi connectivity index (χ0n) is 18.7. The fraction of sp³-hybridized carbons (Fsp3) is 0.167. The van der Waals surface area contributed by atoms with E-state index < -0.39 is 10.0 Å². The number of nitrogens with one attached hydrogen (secondary N) is 1. The summed E-state index contributed by atoms with van der Waals surface area (Å²) >= 11 is 0. The summed E-state index contributed by atoms with van der Waals surface area (Å²) in [6.45, 7) is 2.75. The molecular formula is C24H27N5O4S. The van der Waals surface area contributed by atoms with Crippen LogP contribution in [0.5, 0.6) is 0 Å². The van der Waals surface area contributed by atoms with Crippen LogP contribution in [-0.4, -0.2) is 38.5 Å². The number of hydrogen-bond donors (Lipinski definition) is 4. The summed E-state index contributed by atoms with van der Waals surface area (Å²) in [7, 11) is -3.87. The van der Waals surface area contributed by atoms with Crippen LogP contribution in [0.25, 0.3) is 11.1 Å². The SMILES string of the molecule is CCCN(CC(=O)Nc1ccc(-c2ccccc2S(N)(=O)=O)cc1)c1cccc(C(N)=NO)c1. The van der Waals surface area contributed by atoms with E-state index in [1.54, 1.807) is 60.7 Å². The summed E-state index contributed by atoms with van der Waals surface area (Å²) in [6.07, 6.45) is 0.819. The number of carbonyl (C=O) groups is 1. The molecule has 0 saturated carbocycles. The van der Waals surface area contributed by atoms with Gasteiger partial charge in [0, 0.05) is 29.0 Å². The molecule has 0 unspecified atom stereocenters. The van der Waals surface area contributed by atoms with Crippen molar-refractivity contribution in [3.05, 3.63) is 78.4 Å². The summed E-state index contributed by atoms with van der Waals surface area (Å²) in [4.78, 5) is 14.7. The van der Waals surface area contributed by atoms with Gasteiger partial charge in [-0.15, -0.1) is 0 Å². The van der Waals surface area contributed by atoms with Crippen molar-refractivity contribution in [2.45, 2.75) is 18.2 Å². The van der Waals surface area contributed by atoms with Crippen LogP contribution < -0.4 is 21.1 Å². The van der Waals surface area contributed by atoms with Gasteiger partial charge in [-0.1, -0.05) is 54.5 Å². The van der Waals surface area contributed by atoms with E-state index in [2.05, 4.69) is 10.5 Å². The Morgan fingerprint density at radius 1 is 1.06 bits per heavy atom. The maximum atomic E-state index is 12.7. The highest BCUT2D eigenvalue weighted by Crippen LogP contribution is 2.27. The molecular weight excluding hydrogens is 454 g/mol. The lowest BCUT2D eigenvalue weighted by Gasteiger charge is -2.24. The van der Waals surface area contributed by atoms with Gasteiger partial charge in [0.25, 0.3) is 0 Å². The van der Waals surface area contributed by atoms with Crippen molar-refractivity contribution in [2.24, 2.45) is 16.0 Å². The Labute approximate surface area is 198 Å². The van der Waals surface area contributed by atoms with Crippen molar-refractivity contribution in [2.75, 3.05) is 23.3 Å². The van der Waals surface area contributed by atoms with Gasteiger partial charge < -0.3 is 21.2 Å². The van der Waals surface area contributed by atoms with Gasteiger partial charge in [0.05, 0.1) is 11.4 Å². The maximum Gasteiger partial charge on any atom is 0.243 e. The highest BCUT2D eigenvalue weighted by atomic mass is 32.2. The monoisotopic (exact) mass is 481 g/mol. The van der Waals surface area contributed by atoms with Crippen LogP contribution in [0.2, 0.25) is 0 Å². The molecule has 9 nitrogen and oxygen atoms in total. The van der Waals surface area contributed by atoms with Crippen LogP contribution in [0.1, 0.15) is 18.9 Å². The Morgan fingerprint density at radius 2 is 1.76 bits per heavy atom. The number of oxime groups is 1. The minimum Gasteiger partial charge on any atom is -0.409 e. The van der Waals surface area contributed by atoms with Crippen LogP contribution in [0.15, 0.2) is 82.8 Å². The van der Waals surface area contributed by atoms with E-state index in [0.29, 0.717) is 28.9 Å². The van der Waals surface area contributed by atoms with Gasteiger partial charge >= 0.3 is 0 Å². The predicted molar refractivity (Wildman–Crippen MR) is 133 cm³/mol. The van der Waals surface area contributed by atoms with E-state index in [-0.39, 0.29) is 23.2 Å². The van der Waals surface area contributed by atoms with Gasteiger partial charge in [0.15, 0.2) is 5.84 Å². The van der Waals surface area contributed by atoms with Gasteiger partial charge in [-0.3, -0.25) is 4.79 Å². The van der Waals surface area contributed by atoms with Crippen molar-refractivity contribution in [3.8, 4) is 11.1 Å². The molecule has 0 saturated heterocycles. The minimum absolute atomic E-state index is 0.00755. The molecule has 0 heterocycles. The van der Waals surface area contributed by atoms with Gasteiger partial charge in [0.1, 0.15) is 0 Å². The first-order chi connectivity index (χ1) is 16.2. The number of primary sulfonamides is 1. The Bertz CT molecular complexity index is 1290. The Kier molecular flexibility index (Phi) is 7.87. The van der Waals surface area contributed by atoms with Gasteiger partial charge in [-0.2, -0.15) is 0 Å². The number of amides is 1. The maximum absolute atomic E-state index is 12.7. The van der Waals surface area contributed by atoms with Crippen LogP contribution in [0.3, 0.4) is 0 Å². The van der Waals surface area contributed by atoms with Crippen LogP contribution in [0.4, 0.5) is 11.4 Å². The molecule has 0 spiro atoms. The number of amidine groups is 1. The molecule has 178 valence electrons. The standard InChI is InChI=1S/C24H27N5O4S/c1-2-14-29(20-7-5-6-18(15-20)24(25)28-31)16-23(30)27-19-12-10-17(11-13-19)21-8-3-4-9-22(21)34(26,32)33/h3-13,15,31H,2,14,16H2,1H3,(H2,25,28)(H,27,30)(H2,26,32,33). The first-order valence-electron chi connectivity index (χ1n) is 10.6. The summed E-state index contributed by atoms with van der Waals surface area (Å²) < 4.78 is 23.8. The second-order valence-corrected chi connectivity index (χ2v) is 9.15. The third-order valence-electron chi connectivity index (χ3n) is 5.12. The molecule has 3 aromatic carbocycles. The van der Waals surface area contributed by atoms with E-state index in [1.807, 2.05) is 17.9 Å². The van der Waals surface area contributed by atoms with Crippen molar-refractivity contribution in [3.63, 3.8) is 0 Å². The van der Waals surface area contributed by atoms with E-state index in [1.165, 1.54) is 6.07 Å². The average molecular weight is 482 g/mol. The fourth-order valence-electron chi connectivity index (χ4n) is 3.55. The summed E-state index contributed by atoms with van der Waals surface area (Å²) in [6, 6.07) is 20.5. The Hall–Kier alpha value is -3.89. The molecule has 0 fully saturated rings. The van der Waals surface area contributed by atoms with Crippen LogP contribution in [-0.2, 0) is 14.8 Å². The molecule has 3 aromatic rings. The third kappa shape index (κ3) is 6.12. The lowest BCUT2D eigenvalue weighted by molar-refractivity contribution is -0.115. The second kappa shape index (κ2) is 10.8. The fourth-order valence-corrected chi connectivity index (χ4v) is 4.31. The topological polar surface area (TPSA) is 151 Å². The smallest absolute Gasteiger partial charge is 0.243 e. The van der Waals surface area contributed by atoms with Crippen LogP contribution >= 0.6 is 0 Å². The first-order valence-corrected chi connectivity index (χ1v) is 12.1. The molecule has 0 aliphatic rings. The average Bonchev–Trinajstić information content (AvgIpc) is 2.83. The number of carbonyl (C=O) groups excluding carboxylic acids is 1. The highest BCUT2D eigenvalue weighted by Gasteiger charge is 2.15. The zero-order valence-corrected chi connectivity index (χ0v) is 19.5. The number of rotatable bonds is 9.